The lowest BCUT2D eigenvalue weighted by atomic mass is 10.1. The number of benzene rings is 1. The van der Waals surface area contributed by atoms with Crippen molar-refractivity contribution in [1.82, 2.24) is 0 Å². The summed E-state index contributed by atoms with van der Waals surface area (Å²) in [5.74, 6) is 2.54. The molecule has 0 bridgehead atoms. The first-order chi connectivity index (χ1) is 9.15. The predicted octanol–water partition coefficient (Wildman–Crippen LogP) is 3.44. The quantitative estimate of drug-likeness (QED) is 0.811. The van der Waals surface area contributed by atoms with Gasteiger partial charge in [-0.15, -0.1) is 0 Å². The molecular formula is C15H22N2OS. The number of thioether (sulfide) groups is 1. The van der Waals surface area contributed by atoms with Crippen molar-refractivity contribution in [3.05, 3.63) is 23.8 Å². The lowest BCUT2D eigenvalue weighted by molar-refractivity contribution is -0.113. The maximum absolute atomic E-state index is 11.9. The number of anilines is 2. The molecular weight excluding hydrogens is 256 g/mol. The minimum Gasteiger partial charge on any atom is -0.399 e. The number of amides is 1. The topological polar surface area (TPSA) is 55.1 Å². The molecule has 0 heterocycles. The van der Waals surface area contributed by atoms with Crippen LogP contribution in [0.2, 0.25) is 0 Å². The van der Waals surface area contributed by atoms with E-state index in [-0.39, 0.29) is 5.91 Å². The normalized spacial score (nSPS) is 15.6. The first-order valence-corrected chi connectivity index (χ1v) is 8.04. The van der Waals surface area contributed by atoms with Crippen LogP contribution >= 0.6 is 11.8 Å². The summed E-state index contributed by atoms with van der Waals surface area (Å²) in [6.45, 7) is 1.97. The molecule has 0 spiro atoms. The van der Waals surface area contributed by atoms with E-state index in [1.165, 1.54) is 25.7 Å². The number of aryl methyl sites for hydroxylation is 1. The molecule has 1 aromatic carbocycles. The average Bonchev–Trinajstić information content (AvgIpc) is 2.87. The van der Waals surface area contributed by atoms with E-state index in [4.69, 9.17) is 5.73 Å². The second kappa shape index (κ2) is 6.85. The SMILES string of the molecule is Cc1ccc(N)cc1NC(=O)CSCC1CCCC1. The van der Waals surface area contributed by atoms with E-state index in [1.807, 2.05) is 25.1 Å². The minimum absolute atomic E-state index is 0.0664. The number of nitrogens with one attached hydrogen (secondary N) is 1. The third-order valence-corrected chi connectivity index (χ3v) is 4.77. The monoisotopic (exact) mass is 278 g/mol. The van der Waals surface area contributed by atoms with Gasteiger partial charge in [-0.25, -0.2) is 0 Å². The largest absolute Gasteiger partial charge is 0.399 e. The Morgan fingerprint density at radius 1 is 1.42 bits per heavy atom. The highest BCUT2D eigenvalue weighted by atomic mass is 32.2. The van der Waals surface area contributed by atoms with E-state index in [0.717, 1.165) is 22.9 Å². The van der Waals surface area contributed by atoms with Gasteiger partial charge < -0.3 is 11.1 Å². The zero-order valence-corrected chi connectivity index (χ0v) is 12.3. The van der Waals surface area contributed by atoms with Crippen LogP contribution in [0.4, 0.5) is 11.4 Å². The zero-order chi connectivity index (χ0) is 13.7. The number of nitrogen functional groups attached to an aromatic ring is 1. The van der Waals surface area contributed by atoms with Crippen molar-refractivity contribution in [2.75, 3.05) is 22.6 Å². The van der Waals surface area contributed by atoms with Crippen molar-refractivity contribution in [1.29, 1.82) is 0 Å². The Labute approximate surface area is 119 Å². The summed E-state index contributed by atoms with van der Waals surface area (Å²) in [5, 5.41) is 2.94. The highest BCUT2D eigenvalue weighted by Crippen LogP contribution is 2.28. The molecule has 104 valence electrons. The third-order valence-electron chi connectivity index (χ3n) is 3.60. The molecule has 4 heteroatoms. The van der Waals surface area contributed by atoms with Crippen LogP contribution in [0.5, 0.6) is 0 Å². The Bertz CT molecular complexity index is 442. The van der Waals surface area contributed by atoms with E-state index < -0.39 is 0 Å². The number of nitrogens with two attached hydrogens (primary N) is 1. The third kappa shape index (κ3) is 4.46. The number of hydrogen-bond acceptors (Lipinski definition) is 3. The summed E-state index contributed by atoms with van der Waals surface area (Å²) in [6, 6.07) is 5.59. The first-order valence-electron chi connectivity index (χ1n) is 6.89. The predicted molar refractivity (Wildman–Crippen MR) is 83.5 cm³/mol. The fourth-order valence-corrected chi connectivity index (χ4v) is 3.50. The summed E-state index contributed by atoms with van der Waals surface area (Å²) >= 11 is 1.74. The van der Waals surface area contributed by atoms with Gasteiger partial charge in [0.05, 0.1) is 5.75 Å². The van der Waals surface area contributed by atoms with Gasteiger partial charge >= 0.3 is 0 Å². The van der Waals surface area contributed by atoms with Gasteiger partial charge in [0.2, 0.25) is 5.91 Å². The van der Waals surface area contributed by atoms with Gasteiger partial charge in [-0.2, -0.15) is 11.8 Å². The van der Waals surface area contributed by atoms with Crippen LogP contribution in [0.3, 0.4) is 0 Å². The number of carbonyl (C=O) groups is 1. The van der Waals surface area contributed by atoms with E-state index in [0.29, 0.717) is 11.4 Å². The van der Waals surface area contributed by atoms with Gasteiger partial charge in [0.1, 0.15) is 0 Å². The standard InChI is InChI=1S/C15H22N2OS/c1-11-6-7-13(16)8-14(11)17-15(18)10-19-9-12-4-2-3-5-12/h6-8,12H,2-5,9-10,16H2,1H3,(H,17,18). The number of rotatable bonds is 5. The Morgan fingerprint density at radius 3 is 2.89 bits per heavy atom. The highest BCUT2D eigenvalue weighted by molar-refractivity contribution is 7.99. The van der Waals surface area contributed by atoms with Gasteiger partial charge in [-0.3, -0.25) is 4.79 Å². The molecule has 0 saturated heterocycles. The average molecular weight is 278 g/mol. The molecule has 1 saturated carbocycles. The fourth-order valence-electron chi connectivity index (χ4n) is 2.46. The molecule has 1 amide bonds. The summed E-state index contributed by atoms with van der Waals surface area (Å²) in [5.41, 5.74) is 8.28. The van der Waals surface area contributed by atoms with Crippen molar-refractivity contribution >= 4 is 29.0 Å². The smallest absolute Gasteiger partial charge is 0.234 e. The van der Waals surface area contributed by atoms with E-state index in [1.54, 1.807) is 11.8 Å². The molecule has 1 aliphatic rings. The lowest BCUT2D eigenvalue weighted by Gasteiger charge is -2.10. The lowest BCUT2D eigenvalue weighted by Crippen LogP contribution is -2.16. The Kier molecular flexibility index (Phi) is 5.14. The van der Waals surface area contributed by atoms with Crippen LogP contribution in [0.15, 0.2) is 18.2 Å². The van der Waals surface area contributed by atoms with E-state index in [2.05, 4.69) is 5.32 Å². The van der Waals surface area contributed by atoms with Gasteiger partial charge in [-0.05, 0) is 49.1 Å². The molecule has 19 heavy (non-hydrogen) atoms. The molecule has 0 radical (unpaired) electrons. The summed E-state index contributed by atoms with van der Waals surface area (Å²) < 4.78 is 0. The number of hydrogen-bond donors (Lipinski definition) is 2. The molecule has 3 N–H and O–H groups in total. The van der Waals surface area contributed by atoms with Crippen molar-refractivity contribution in [3.8, 4) is 0 Å². The van der Waals surface area contributed by atoms with Gasteiger partial charge in [-0.1, -0.05) is 18.9 Å². The molecule has 0 unspecified atom stereocenters. The van der Waals surface area contributed by atoms with Gasteiger partial charge in [0, 0.05) is 11.4 Å². The summed E-state index contributed by atoms with van der Waals surface area (Å²) in [7, 11) is 0. The molecule has 0 atom stereocenters. The molecule has 3 nitrogen and oxygen atoms in total. The Balaban J connectivity index is 1.75. The van der Waals surface area contributed by atoms with Crippen molar-refractivity contribution in [2.45, 2.75) is 32.6 Å². The molecule has 0 aliphatic heterocycles. The minimum atomic E-state index is 0.0664. The van der Waals surface area contributed by atoms with E-state index >= 15 is 0 Å². The summed E-state index contributed by atoms with van der Waals surface area (Å²) in [6.07, 6.45) is 5.39. The van der Waals surface area contributed by atoms with Crippen LogP contribution in [0.25, 0.3) is 0 Å². The highest BCUT2D eigenvalue weighted by Gasteiger charge is 2.15. The fraction of sp³-hybridized carbons (Fsp3) is 0.533. The van der Waals surface area contributed by atoms with Crippen LogP contribution in [-0.2, 0) is 4.79 Å². The van der Waals surface area contributed by atoms with Crippen molar-refractivity contribution in [2.24, 2.45) is 5.92 Å². The molecule has 0 aromatic heterocycles. The maximum Gasteiger partial charge on any atom is 0.234 e. The zero-order valence-electron chi connectivity index (χ0n) is 11.4. The molecule has 1 fully saturated rings. The van der Waals surface area contributed by atoms with Crippen molar-refractivity contribution in [3.63, 3.8) is 0 Å². The molecule has 2 rings (SSSR count). The number of carbonyl (C=O) groups excluding carboxylic acids is 1. The first kappa shape index (κ1) is 14.3. The van der Waals surface area contributed by atoms with Crippen LogP contribution in [0.1, 0.15) is 31.2 Å². The van der Waals surface area contributed by atoms with Crippen LogP contribution < -0.4 is 11.1 Å². The van der Waals surface area contributed by atoms with E-state index in [9.17, 15) is 4.79 Å². The van der Waals surface area contributed by atoms with Gasteiger partial charge in [0.25, 0.3) is 0 Å². The second-order valence-corrected chi connectivity index (χ2v) is 6.32. The Hall–Kier alpha value is -1.16. The van der Waals surface area contributed by atoms with Crippen LogP contribution in [0, 0.1) is 12.8 Å². The Morgan fingerprint density at radius 2 is 2.16 bits per heavy atom. The van der Waals surface area contributed by atoms with Gasteiger partial charge in [0.15, 0.2) is 0 Å². The van der Waals surface area contributed by atoms with Crippen LogP contribution in [-0.4, -0.2) is 17.4 Å². The maximum atomic E-state index is 11.9. The summed E-state index contributed by atoms with van der Waals surface area (Å²) in [4.78, 5) is 11.9. The van der Waals surface area contributed by atoms with Crippen molar-refractivity contribution < 1.29 is 4.79 Å². The second-order valence-electron chi connectivity index (χ2n) is 5.29. The molecule has 1 aliphatic carbocycles. The molecule has 1 aromatic rings.